The average Bonchev–Trinajstić information content (AvgIpc) is 2.64. The Kier molecular flexibility index (Phi) is 5.34. The molecule has 0 radical (unpaired) electrons. The Hall–Kier alpha value is -1.70. The van der Waals surface area contributed by atoms with Gasteiger partial charge in [0.25, 0.3) is 11.5 Å². The molecule has 0 spiro atoms. The van der Waals surface area contributed by atoms with Gasteiger partial charge in [0.15, 0.2) is 6.54 Å². The average molecular weight is 377 g/mol. The van der Waals surface area contributed by atoms with Gasteiger partial charge in [0, 0.05) is 36.9 Å². The van der Waals surface area contributed by atoms with Gasteiger partial charge in [-0.15, -0.1) is 0 Å². The second-order valence-corrected chi connectivity index (χ2v) is 8.77. The minimum absolute atomic E-state index is 0.0428. The topological polar surface area (TPSA) is 69.2 Å². The van der Waals surface area contributed by atoms with Crippen molar-refractivity contribution in [1.82, 2.24) is 4.57 Å². The van der Waals surface area contributed by atoms with Crippen molar-refractivity contribution in [3.8, 4) is 0 Å². The minimum atomic E-state index is -0.112. The number of rotatable bonds is 4. The number of ether oxygens (including phenoxy) is 1. The Morgan fingerprint density at radius 3 is 2.81 bits per heavy atom. The number of amides is 1. The number of hydrogen-bond donors (Lipinski definition) is 3. The first kappa shape index (κ1) is 18.7. The Labute approximate surface area is 160 Å². The molecule has 27 heavy (non-hydrogen) atoms. The lowest BCUT2D eigenvalue weighted by atomic mass is 9.82. The van der Waals surface area contributed by atoms with E-state index in [4.69, 9.17) is 4.74 Å². The molecule has 1 aromatic rings. The van der Waals surface area contributed by atoms with Crippen molar-refractivity contribution < 1.29 is 19.3 Å². The maximum absolute atomic E-state index is 13.0. The van der Waals surface area contributed by atoms with Crippen LogP contribution in [0.2, 0.25) is 0 Å². The third kappa shape index (κ3) is 3.95. The number of hydrogen-bond acceptors (Lipinski definition) is 3. The number of nitrogens with zero attached hydrogens (tertiary/aromatic N) is 1. The van der Waals surface area contributed by atoms with Crippen LogP contribution in [0.15, 0.2) is 16.9 Å². The third-order valence-corrected chi connectivity index (χ3v) is 6.33. The van der Waals surface area contributed by atoms with Gasteiger partial charge >= 0.3 is 0 Å². The summed E-state index contributed by atoms with van der Waals surface area (Å²) in [5.41, 5.74) is 1.52. The maximum Gasteiger partial charge on any atom is 0.279 e. The molecule has 1 aromatic heterocycles. The minimum Gasteiger partial charge on any atom is -0.381 e. The molecule has 2 fully saturated rings. The van der Waals surface area contributed by atoms with E-state index in [1.165, 1.54) is 6.42 Å². The van der Waals surface area contributed by atoms with Crippen LogP contribution in [-0.2, 0) is 16.1 Å². The summed E-state index contributed by atoms with van der Waals surface area (Å²) in [5.74, 6) is 0.877. The zero-order valence-corrected chi connectivity index (χ0v) is 16.4. The quantitative estimate of drug-likeness (QED) is 0.576. The zero-order chi connectivity index (χ0) is 19.0. The number of piperidine rings is 1. The van der Waals surface area contributed by atoms with Gasteiger partial charge in [-0.2, -0.15) is 0 Å². The fourth-order valence-corrected chi connectivity index (χ4v) is 5.15. The number of quaternary nitrogens is 2. The molecule has 2 bridgehead atoms. The van der Waals surface area contributed by atoms with Crippen LogP contribution in [0.5, 0.6) is 0 Å². The third-order valence-electron chi connectivity index (χ3n) is 6.33. The lowest BCUT2D eigenvalue weighted by molar-refractivity contribution is -0.937. The number of likely N-dealkylation sites (tertiary alicyclic amines) is 1. The van der Waals surface area contributed by atoms with Crippen molar-refractivity contribution in [1.29, 1.82) is 0 Å². The predicted octanol–water partition coefficient (Wildman–Crippen LogP) is -1.89. The molecule has 1 unspecified atom stereocenters. The van der Waals surface area contributed by atoms with Gasteiger partial charge in [0.05, 0.1) is 46.4 Å². The second-order valence-electron chi connectivity index (χ2n) is 8.77. The number of pyridine rings is 1. The number of aromatic nitrogens is 1. The van der Waals surface area contributed by atoms with E-state index in [-0.39, 0.29) is 11.5 Å². The van der Waals surface area contributed by atoms with Gasteiger partial charge in [-0.25, -0.2) is 0 Å². The van der Waals surface area contributed by atoms with Crippen molar-refractivity contribution in [3.05, 3.63) is 28.2 Å². The van der Waals surface area contributed by atoms with Crippen LogP contribution in [0.4, 0.5) is 5.69 Å². The second kappa shape index (κ2) is 7.73. The highest BCUT2D eigenvalue weighted by atomic mass is 16.5. The normalized spacial score (nSPS) is 28.0. The van der Waals surface area contributed by atoms with E-state index < -0.39 is 0 Å². The lowest BCUT2D eigenvalue weighted by Crippen LogP contribution is -3.18. The Morgan fingerprint density at radius 1 is 1.30 bits per heavy atom. The molecule has 148 valence electrons. The SMILES string of the molecule is C[NH+](C)CC(=O)Nc1ccc2n(c1=O)C[C@H]1C[C@@H]2C[NH+](C2CCOCC2)C1. The van der Waals surface area contributed by atoms with E-state index >= 15 is 0 Å². The molecular weight excluding hydrogens is 344 g/mol. The lowest BCUT2D eigenvalue weighted by Gasteiger charge is -2.44. The van der Waals surface area contributed by atoms with Gasteiger partial charge in [-0.3, -0.25) is 9.59 Å². The van der Waals surface area contributed by atoms with Crippen LogP contribution in [-0.4, -0.2) is 63.5 Å². The molecule has 2 saturated heterocycles. The molecule has 3 aliphatic rings. The molecule has 4 rings (SSSR count). The molecule has 3 atom stereocenters. The number of likely N-dealkylation sites (N-methyl/N-ethyl adjacent to an activating group) is 1. The molecule has 4 heterocycles. The number of anilines is 1. The van der Waals surface area contributed by atoms with E-state index in [2.05, 4.69) is 11.4 Å². The highest BCUT2D eigenvalue weighted by Gasteiger charge is 2.40. The van der Waals surface area contributed by atoms with Crippen LogP contribution in [0.3, 0.4) is 0 Å². The van der Waals surface area contributed by atoms with Crippen LogP contribution >= 0.6 is 0 Å². The first-order chi connectivity index (χ1) is 13.0. The van der Waals surface area contributed by atoms with Gasteiger partial charge in [0.2, 0.25) is 0 Å². The fraction of sp³-hybridized carbons (Fsp3) is 0.700. The number of carbonyl (C=O) groups excluding carboxylic acids is 1. The maximum atomic E-state index is 13.0. The summed E-state index contributed by atoms with van der Waals surface area (Å²) in [6.45, 7) is 5.16. The Bertz CT molecular complexity index is 754. The molecule has 0 aliphatic carbocycles. The molecular formula is C20H32N4O3+2. The predicted molar refractivity (Wildman–Crippen MR) is 102 cm³/mol. The van der Waals surface area contributed by atoms with Crippen LogP contribution < -0.4 is 20.7 Å². The summed E-state index contributed by atoms with van der Waals surface area (Å²) in [5, 5.41) is 2.81. The van der Waals surface area contributed by atoms with Crippen LogP contribution in [0.1, 0.15) is 30.9 Å². The van der Waals surface area contributed by atoms with E-state index in [0.29, 0.717) is 30.1 Å². The molecule has 0 aromatic carbocycles. The zero-order valence-electron chi connectivity index (χ0n) is 16.4. The molecule has 3 N–H and O–H groups in total. The summed E-state index contributed by atoms with van der Waals surface area (Å²) in [4.78, 5) is 27.8. The summed E-state index contributed by atoms with van der Waals surface area (Å²) < 4.78 is 7.46. The van der Waals surface area contributed by atoms with Gasteiger partial charge in [-0.05, 0) is 18.6 Å². The number of carbonyl (C=O) groups is 1. The van der Waals surface area contributed by atoms with Crippen LogP contribution in [0.25, 0.3) is 0 Å². The monoisotopic (exact) mass is 376 g/mol. The Morgan fingerprint density at radius 2 is 2.07 bits per heavy atom. The molecule has 7 nitrogen and oxygen atoms in total. The van der Waals surface area contributed by atoms with Crippen molar-refractivity contribution in [2.24, 2.45) is 5.92 Å². The van der Waals surface area contributed by atoms with Crippen molar-refractivity contribution >= 4 is 11.6 Å². The largest absolute Gasteiger partial charge is 0.381 e. The molecule has 3 aliphatic heterocycles. The van der Waals surface area contributed by atoms with Crippen LogP contribution in [0, 0.1) is 5.92 Å². The van der Waals surface area contributed by atoms with Gasteiger partial charge in [0.1, 0.15) is 5.69 Å². The number of nitrogens with one attached hydrogen (secondary N) is 3. The molecule has 0 saturated carbocycles. The summed E-state index contributed by atoms with van der Waals surface area (Å²) in [6.07, 6.45) is 3.49. The first-order valence-electron chi connectivity index (χ1n) is 10.3. The summed E-state index contributed by atoms with van der Waals surface area (Å²) >= 11 is 0. The standard InChI is InChI=1S/C20H30N4O3/c1-22(2)13-19(25)21-17-3-4-18-15-9-14(11-24(18)20(17)26)10-23(12-15)16-5-7-27-8-6-16/h3-4,14-16H,5-13H2,1-2H3,(H,21,25)/p+2/t14-,15+/m0/s1. The van der Waals surface area contributed by atoms with E-state index in [1.807, 2.05) is 18.7 Å². The van der Waals surface area contributed by atoms with Gasteiger partial charge in [-0.1, -0.05) is 0 Å². The van der Waals surface area contributed by atoms with Crippen molar-refractivity contribution in [3.63, 3.8) is 0 Å². The highest BCUT2D eigenvalue weighted by Crippen LogP contribution is 2.31. The highest BCUT2D eigenvalue weighted by molar-refractivity contribution is 5.91. The Balaban J connectivity index is 1.52. The van der Waals surface area contributed by atoms with Crippen molar-refractivity contribution in [2.75, 3.05) is 52.3 Å². The summed E-state index contributed by atoms with van der Waals surface area (Å²) in [6, 6.07) is 4.57. The van der Waals surface area contributed by atoms with E-state index in [1.54, 1.807) is 11.0 Å². The fourth-order valence-electron chi connectivity index (χ4n) is 5.15. The van der Waals surface area contributed by atoms with Crippen molar-refractivity contribution in [2.45, 2.75) is 37.8 Å². The summed E-state index contributed by atoms with van der Waals surface area (Å²) in [7, 11) is 3.85. The smallest absolute Gasteiger partial charge is 0.279 e. The number of fused-ring (bicyclic) bond motifs is 4. The molecule has 1 amide bonds. The van der Waals surface area contributed by atoms with E-state index in [0.717, 1.165) is 56.3 Å². The first-order valence-corrected chi connectivity index (χ1v) is 10.3. The van der Waals surface area contributed by atoms with Gasteiger partial charge < -0.3 is 24.4 Å². The van der Waals surface area contributed by atoms with E-state index in [9.17, 15) is 9.59 Å². The molecule has 7 heteroatoms.